The van der Waals surface area contributed by atoms with Crippen LogP contribution in [0.1, 0.15) is 11.1 Å². The number of carbonyl (C=O) groups is 1. The number of hydrogen-bond acceptors (Lipinski definition) is 3. The molecule has 3 aromatic carbocycles. The molecule has 3 aromatic rings. The predicted octanol–water partition coefficient (Wildman–Crippen LogP) is 2.76. The number of rotatable bonds is 1. The fourth-order valence-corrected chi connectivity index (χ4v) is 3.42. The summed E-state index contributed by atoms with van der Waals surface area (Å²) in [5.74, 6) is -0.560. The third-order valence-electron chi connectivity index (χ3n) is 4.54. The van der Waals surface area contributed by atoms with E-state index in [9.17, 15) is 15.0 Å². The van der Waals surface area contributed by atoms with Crippen molar-refractivity contribution in [2.24, 2.45) is 0 Å². The number of benzene rings is 3. The fourth-order valence-electron chi connectivity index (χ4n) is 3.42. The number of likely N-dealkylation sites (N-methyl/N-ethyl adjacent to an activating group) is 1. The normalized spacial score (nSPS) is 20.1. The van der Waals surface area contributed by atoms with Crippen LogP contribution in [0.3, 0.4) is 0 Å². The smallest absolute Gasteiger partial charge is 0.268 e. The highest BCUT2D eigenvalue weighted by atomic mass is 16.3. The van der Waals surface area contributed by atoms with Crippen LogP contribution in [0, 0.1) is 0 Å². The largest absolute Gasteiger partial charge is 0.508 e. The Morgan fingerprint density at radius 2 is 1.65 bits per heavy atom. The summed E-state index contributed by atoms with van der Waals surface area (Å²) in [7, 11) is 1.63. The second-order valence-corrected chi connectivity index (χ2v) is 5.77. The second kappa shape index (κ2) is 4.57. The van der Waals surface area contributed by atoms with Crippen LogP contribution in [0.4, 0.5) is 5.69 Å². The van der Waals surface area contributed by atoms with Crippen molar-refractivity contribution in [3.8, 4) is 5.75 Å². The summed E-state index contributed by atoms with van der Waals surface area (Å²) in [5, 5.41) is 23.3. The number of aliphatic hydroxyl groups is 1. The van der Waals surface area contributed by atoms with E-state index in [1.807, 2.05) is 24.3 Å². The van der Waals surface area contributed by atoms with Gasteiger partial charge in [0, 0.05) is 18.2 Å². The maximum Gasteiger partial charge on any atom is 0.268 e. The van der Waals surface area contributed by atoms with Crippen LogP contribution in [-0.4, -0.2) is 23.2 Å². The minimum atomic E-state index is -1.89. The van der Waals surface area contributed by atoms with Crippen molar-refractivity contribution >= 4 is 22.4 Å². The molecule has 1 heterocycles. The van der Waals surface area contributed by atoms with Crippen LogP contribution in [-0.2, 0) is 10.4 Å². The zero-order valence-corrected chi connectivity index (χ0v) is 12.5. The Morgan fingerprint density at radius 3 is 2.48 bits per heavy atom. The van der Waals surface area contributed by atoms with Crippen molar-refractivity contribution in [3.05, 3.63) is 71.8 Å². The molecule has 1 aliphatic rings. The van der Waals surface area contributed by atoms with Crippen LogP contribution in [0.25, 0.3) is 10.8 Å². The van der Waals surface area contributed by atoms with Gasteiger partial charge in [0.25, 0.3) is 5.91 Å². The number of aromatic hydroxyl groups is 1. The maximum atomic E-state index is 12.8. The molecule has 1 aliphatic heterocycles. The lowest BCUT2D eigenvalue weighted by atomic mass is 9.84. The molecule has 0 spiro atoms. The maximum absolute atomic E-state index is 12.8. The topological polar surface area (TPSA) is 60.8 Å². The van der Waals surface area contributed by atoms with E-state index in [-0.39, 0.29) is 11.3 Å². The number of hydrogen-bond donors (Lipinski definition) is 2. The summed E-state index contributed by atoms with van der Waals surface area (Å²) in [6.45, 7) is 0. The molecule has 1 amide bonds. The SMILES string of the molecule is CN1C(=O)C(O)(c2c(O)ccc3ccccc23)c2ccccc21. The number of phenols is 1. The lowest BCUT2D eigenvalue weighted by Crippen LogP contribution is -2.39. The fraction of sp³-hybridized carbons (Fsp3) is 0.105. The van der Waals surface area contributed by atoms with Crippen LogP contribution in [0.5, 0.6) is 5.75 Å². The Labute approximate surface area is 133 Å². The predicted molar refractivity (Wildman–Crippen MR) is 88.5 cm³/mol. The molecular weight excluding hydrogens is 290 g/mol. The monoisotopic (exact) mass is 305 g/mol. The number of para-hydroxylation sites is 1. The lowest BCUT2D eigenvalue weighted by molar-refractivity contribution is -0.131. The minimum absolute atomic E-state index is 0.0929. The summed E-state index contributed by atoms with van der Waals surface area (Å²) in [5.41, 5.74) is -0.528. The summed E-state index contributed by atoms with van der Waals surface area (Å²) < 4.78 is 0. The number of anilines is 1. The molecule has 4 nitrogen and oxygen atoms in total. The Balaban J connectivity index is 2.12. The molecular formula is C19H15NO3. The third kappa shape index (κ3) is 1.67. The van der Waals surface area contributed by atoms with Gasteiger partial charge in [0.2, 0.25) is 5.60 Å². The molecule has 23 heavy (non-hydrogen) atoms. The van der Waals surface area contributed by atoms with Gasteiger partial charge in [-0.05, 0) is 22.9 Å². The van der Waals surface area contributed by atoms with E-state index >= 15 is 0 Å². The van der Waals surface area contributed by atoms with Crippen LogP contribution in [0.2, 0.25) is 0 Å². The Hall–Kier alpha value is -2.85. The average Bonchev–Trinajstić information content (AvgIpc) is 2.77. The lowest BCUT2D eigenvalue weighted by Gasteiger charge is -2.25. The van der Waals surface area contributed by atoms with E-state index in [0.717, 1.165) is 5.39 Å². The highest BCUT2D eigenvalue weighted by molar-refractivity contribution is 6.11. The zero-order valence-electron chi connectivity index (χ0n) is 12.5. The third-order valence-corrected chi connectivity index (χ3v) is 4.54. The Bertz CT molecular complexity index is 950. The van der Waals surface area contributed by atoms with Crippen LogP contribution >= 0.6 is 0 Å². The molecule has 0 radical (unpaired) electrons. The Morgan fingerprint density at radius 1 is 0.957 bits per heavy atom. The highest BCUT2D eigenvalue weighted by Crippen LogP contribution is 2.48. The minimum Gasteiger partial charge on any atom is -0.508 e. The van der Waals surface area contributed by atoms with E-state index in [4.69, 9.17) is 0 Å². The summed E-state index contributed by atoms with van der Waals surface area (Å²) in [4.78, 5) is 14.3. The average molecular weight is 305 g/mol. The highest BCUT2D eigenvalue weighted by Gasteiger charge is 2.51. The molecule has 1 unspecified atom stereocenters. The number of phenolic OH excluding ortho intramolecular Hbond substituents is 1. The number of nitrogens with zero attached hydrogens (tertiary/aromatic N) is 1. The van der Waals surface area contributed by atoms with Gasteiger partial charge >= 0.3 is 0 Å². The summed E-state index contributed by atoms with van der Waals surface area (Å²) in [6, 6.07) is 17.8. The van der Waals surface area contributed by atoms with Gasteiger partial charge in [-0.15, -0.1) is 0 Å². The molecule has 1 atom stereocenters. The molecule has 4 rings (SSSR count). The van der Waals surface area contributed by atoms with Gasteiger partial charge in [0.15, 0.2) is 0 Å². The summed E-state index contributed by atoms with van der Waals surface area (Å²) in [6.07, 6.45) is 0. The van der Waals surface area contributed by atoms with Gasteiger partial charge in [-0.3, -0.25) is 4.79 Å². The first-order chi connectivity index (χ1) is 11.0. The van der Waals surface area contributed by atoms with E-state index in [1.54, 1.807) is 37.4 Å². The second-order valence-electron chi connectivity index (χ2n) is 5.77. The molecule has 0 bridgehead atoms. The van der Waals surface area contributed by atoms with Crippen molar-refractivity contribution in [2.45, 2.75) is 5.60 Å². The van der Waals surface area contributed by atoms with Gasteiger partial charge < -0.3 is 15.1 Å². The van der Waals surface area contributed by atoms with Crippen molar-refractivity contribution in [3.63, 3.8) is 0 Å². The zero-order chi connectivity index (χ0) is 16.2. The van der Waals surface area contributed by atoms with E-state index < -0.39 is 11.5 Å². The van der Waals surface area contributed by atoms with Gasteiger partial charge in [-0.1, -0.05) is 48.5 Å². The van der Waals surface area contributed by atoms with Gasteiger partial charge in [-0.25, -0.2) is 0 Å². The van der Waals surface area contributed by atoms with Crippen LogP contribution in [0.15, 0.2) is 60.7 Å². The Kier molecular flexibility index (Phi) is 2.74. The van der Waals surface area contributed by atoms with Gasteiger partial charge in [0.1, 0.15) is 5.75 Å². The molecule has 4 heteroatoms. The van der Waals surface area contributed by atoms with Crippen molar-refractivity contribution in [1.29, 1.82) is 0 Å². The number of fused-ring (bicyclic) bond motifs is 2. The molecule has 114 valence electrons. The first-order valence-corrected chi connectivity index (χ1v) is 7.36. The van der Waals surface area contributed by atoms with Gasteiger partial charge in [-0.2, -0.15) is 0 Å². The van der Waals surface area contributed by atoms with Crippen molar-refractivity contribution in [2.75, 3.05) is 11.9 Å². The van der Waals surface area contributed by atoms with E-state index in [2.05, 4.69) is 0 Å². The molecule has 0 aliphatic carbocycles. The van der Waals surface area contributed by atoms with Crippen LogP contribution < -0.4 is 4.90 Å². The number of amides is 1. The van der Waals surface area contributed by atoms with E-state index in [0.29, 0.717) is 16.6 Å². The molecule has 0 saturated heterocycles. The quantitative estimate of drug-likeness (QED) is 0.727. The van der Waals surface area contributed by atoms with E-state index in [1.165, 1.54) is 11.0 Å². The molecule has 0 saturated carbocycles. The number of carbonyl (C=O) groups excluding carboxylic acids is 1. The standard InChI is InChI=1S/C19H15NO3/c1-20-15-9-5-4-8-14(15)19(23,18(20)22)17-13-7-3-2-6-12(13)10-11-16(17)21/h2-11,21,23H,1H3. The summed E-state index contributed by atoms with van der Waals surface area (Å²) >= 11 is 0. The first kappa shape index (κ1) is 13.8. The van der Waals surface area contributed by atoms with Crippen molar-refractivity contribution < 1.29 is 15.0 Å². The van der Waals surface area contributed by atoms with Gasteiger partial charge in [0.05, 0.1) is 5.69 Å². The molecule has 0 aromatic heterocycles. The first-order valence-electron chi connectivity index (χ1n) is 7.36. The molecule has 2 N–H and O–H groups in total. The molecule has 0 fully saturated rings. The van der Waals surface area contributed by atoms with Crippen molar-refractivity contribution in [1.82, 2.24) is 0 Å².